The minimum absolute atomic E-state index is 0.316. The Morgan fingerprint density at radius 3 is 2.87 bits per heavy atom. The zero-order valence-electron chi connectivity index (χ0n) is 8.38. The number of hydrogen-bond acceptors (Lipinski definition) is 4. The van der Waals surface area contributed by atoms with E-state index in [1.807, 2.05) is 0 Å². The number of aryl methyl sites for hydroxylation is 1. The van der Waals surface area contributed by atoms with Crippen molar-refractivity contribution in [1.29, 1.82) is 0 Å². The van der Waals surface area contributed by atoms with Crippen molar-refractivity contribution in [1.82, 2.24) is 4.98 Å². The fourth-order valence-corrected chi connectivity index (χ4v) is 2.44. The molecule has 0 atom stereocenters. The minimum Gasteiger partial charge on any atom is -0.457 e. The van der Waals surface area contributed by atoms with Gasteiger partial charge in [-0.05, 0) is 31.2 Å². The molecule has 0 fully saturated rings. The van der Waals surface area contributed by atoms with E-state index < -0.39 is 0 Å². The maximum Gasteiger partial charge on any atom is 0.342 e. The van der Waals surface area contributed by atoms with Gasteiger partial charge in [-0.2, -0.15) is 0 Å². The first kappa shape index (κ1) is 8.71. The summed E-state index contributed by atoms with van der Waals surface area (Å²) in [5.74, 6) is 0.0246. The summed E-state index contributed by atoms with van der Waals surface area (Å²) in [6, 6.07) is 0. The highest BCUT2D eigenvalue weighted by Crippen LogP contribution is 2.32. The Morgan fingerprint density at radius 1 is 1.20 bits per heavy atom. The molecule has 0 saturated heterocycles. The molecule has 1 aliphatic heterocycles. The van der Waals surface area contributed by atoms with Crippen LogP contribution in [0.15, 0.2) is 0 Å². The molecule has 2 heterocycles. The Kier molecular flexibility index (Phi) is 1.71. The van der Waals surface area contributed by atoms with Crippen molar-refractivity contribution in [2.24, 2.45) is 0 Å². The number of rotatable bonds is 0. The number of pyridine rings is 1. The standard InChI is InChI=1S/C11H12N2O2/c12-10-9-7(5-15-11(9)14)6-3-1-2-4-8(6)13-10/h1-5H2,(H2,12,13). The van der Waals surface area contributed by atoms with Crippen molar-refractivity contribution in [2.45, 2.75) is 32.3 Å². The number of fused-ring (bicyclic) bond motifs is 3. The number of nitrogens with zero attached hydrogens (tertiary/aromatic N) is 1. The maximum atomic E-state index is 11.4. The predicted molar refractivity (Wildman–Crippen MR) is 54.4 cm³/mol. The van der Waals surface area contributed by atoms with Crippen LogP contribution in [0, 0.1) is 0 Å². The molecule has 1 aromatic rings. The van der Waals surface area contributed by atoms with Crippen molar-refractivity contribution in [2.75, 3.05) is 5.73 Å². The van der Waals surface area contributed by atoms with E-state index in [0.29, 0.717) is 18.0 Å². The lowest BCUT2D eigenvalue weighted by Crippen LogP contribution is -2.13. The highest BCUT2D eigenvalue weighted by atomic mass is 16.5. The van der Waals surface area contributed by atoms with Gasteiger partial charge in [0, 0.05) is 11.3 Å². The van der Waals surface area contributed by atoms with Gasteiger partial charge in [0.1, 0.15) is 18.0 Å². The summed E-state index contributed by atoms with van der Waals surface area (Å²) < 4.78 is 5.01. The zero-order chi connectivity index (χ0) is 10.4. The van der Waals surface area contributed by atoms with E-state index in [0.717, 1.165) is 30.5 Å². The van der Waals surface area contributed by atoms with Crippen molar-refractivity contribution in [3.63, 3.8) is 0 Å². The first-order chi connectivity index (χ1) is 7.27. The summed E-state index contributed by atoms with van der Waals surface area (Å²) in [5, 5.41) is 0. The Labute approximate surface area is 87.4 Å². The van der Waals surface area contributed by atoms with E-state index in [4.69, 9.17) is 10.5 Å². The van der Waals surface area contributed by atoms with Crippen LogP contribution >= 0.6 is 0 Å². The molecule has 15 heavy (non-hydrogen) atoms. The topological polar surface area (TPSA) is 65.2 Å². The summed E-state index contributed by atoms with van der Waals surface area (Å²) >= 11 is 0. The first-order valence-electron chi connectivity index (χ1n) is 5.24. The Hall–Kier alpha value is -1.58. The lowest BCUT2D eigenvalue weighted by atomic mass is 9.90. The van der Waals surface area contributed by atoms with Gasteiger partial charge in [0.05, 0.1) is 0 Å². The van der Waals surface area contributed by atoms with Gasteiger partial charge in [-0.3, -0.25) is 0 Å². The third kappa shape index (κ3) is 1.14. The quantitative estimate of drug-likeness (QED) is 0.645. The van der Waals surface area contributed by atoms with E-state index in [-0.39, 0.29) is 5.97 Å². The van der Waals surface area contributed by atoms with Crippen LogP contribution in [0.25, 0.3) is 0 Å². The summed E-state index contributed by atoms with van der Waals surface area (Å²) in [4.78, 5) is 15.7. The van der Waals surface area contributed by atoms with Gasteiger partial charge in [-0.15, -0.1) is 0 Å². The molecule has 2 N–H and O–H groups in total. The van der Waals surface area contributed by atoms with Gasteiger partial charge in [0.2, 0.25) is 0 Å². The summed E-state index contributed by atoms with van der Waals surface area (Å²) in [6.07, 6.45) is 4.30. The zero-order valence-corrected chi connectivity index (χ0v) is 8.38. The van der Waals surface area contributed by atoms with E-state index in [2.05, 4.69) is 4.98 Å². The molecule has 3 rings (SSSR count). The molecule has 2 aliphatic rings. The molecule has 4 nitrogen and oxygen atoms in total. The number of ether oxygens (including phenoxy) is 1. The number of nitrogens with two attached hydrogens (primary N) is 1. The number of esters is 1. The van der Waals surface area contributed by atoms with E-state index in [1.54, 1.807) is 0 Å². The number of anilines is 1. The third-order valence-electron chi connectivity index (χ3n) is 3.17. The van der Waals surface area contributed by atoms with Crippen molar-refractivity contribution in [3.05, 3.63) is 22.4 Å². The maximum absolute atomic E-state index is 11.4. The number of carbonyl (C=O) groups excluding carboxylic acids is 1. The van der Waals surface area contributed by atoms with Crippen LogP contribution in [0.3, 0.4) is 0 Å². The summed E-state index contributed by atoms with van der Waals surface area (Å²) in [7, 11) is 0. The van der Waals surface area contributed by atoms with Gasteiger partial charge >= 0.3 is 5.97 Å². The van der Waals surface area contributed by atoms with Crippen LogP contribution in [0.4, 0.5) is 5.82 Å². The van der Waals surface area contributed by atoms with Gasteiger partial charge < -0.3 is 10.5 Å². The van der Waals surface area contributed by atoms with Gasteiger partial charge in [0.25, 0.3) is 0 Å². The van der Waals surface area contributed by atoms with E-state index >= 15 is 0 Å². The minimum atomic E-state index is -0.316. The monoisotopic (exact) mass is 204 g/mol. The number of aromatic nitrogens is 1. The average Bonchev–Trinajstić information content (AvgIpc) is 2.62. The molecule has 1 aliphatic carbocycles. The highest BCUT2D eigenvalue weighted by molar-refractivity contribution is 5.98. The molecule has 0 spiro atoms. The van der Waals surface area contributed by atoms with E-state index in [1.165, 1.54) is 12.0 Å². The van der Waals surface area contributed by atoms with Crippen LogP contribution in [0.5, 0.6) is 0 Å². The highest BCUT2D eigenvalue weighted by Gasteiger charge is 2.30. The van der Waals surface area contributed by atoms with Crippen molar-refractivity contribution < 1.29 is 9.53 Å². The van der Waals surface area contributed by atoms with Crippen LogP contribution in [0.2, 0.25) is 0 Å². The smallest absolute Gasteiger partial charge is 0.342 e. The molecule has 1 aromatic heterocycles. The summed E-state index contributed by atoms with van der Waals surface area (Å²) in [6.45, 7) is 0.378. The molecular weight excluding hydrogens is 192 g/mol. The number of carbonyl (C=O) groups is 1. The fraction of sp³-hybridized carbons (Fsp3) is 0.455. The van der Waals surface area contributed by atoms with Gasteiger partial charge in [-0.1, -0.05) is 0 Å². The molecule has 4 heteroatoms. The summed E-state index contributed by atoms with van der Waals surface area (Å²) in [5.41, 5.74) is 9.54. The molecule has 0 bridgehead atoms. The molecular formula is C11H12N2O2. The SMILES string of the molecule is Nc1nc2c(c3c1C(=O)OC3)CCCC2. The van der Waals surface area contributed by atoms with Crippen LogP contribution in [-0.2, 0) is 24.2 Å². The number of nitrogen functional groups attached to an aromatic ring is 1. The Bertz CT molecular complexity index is 454. The normalized spacial score (nSPS) is 18.3. The Balaban J connectivity index is 2.26. The molecule has 0 unspecified atom stereocenters. The lowest BCUT2D eigenvalue weighted by molar-refractivity contribution is 0.0535. The van der Waals surface area contributed by atoms with Crippen LogP contribution in [-0.4, -0.2) is 11.0 Å². The molecule has 0 aromatic carbocycles. The second kappa shape index (κ2) is 2.95. The van der Waals surface area contributed by atoms with Gasteiger partial charge in [-0.25, -0.2) is 9.78 Å². The lowest BCUT2D eigenvalue weighted by Gasteiger charge is -2.17. The fourth-order valence-electron chi connectivity index (χ4n) is 2.44. The predicted octanol–water partition coefficient (Wildman–Crippen LogP) is 1.21. The number of hydrogen-bond donors (Lipinski definition) is 1. The number of cyclic esters (lactones) is 1. The van der Waals surface area contributed by atoms with Crippen LogP contribution in [0.1, 0.15) is 40.0 Å². The van der Waals surface area contributed by atoms with E-state index in [9.17, 15) is 4.79 Å². The van der Waals surface area contributed by atoms with Crippen molar-refractivity contribution >= 4 is 11.8 Å². The first-order valence-corrected chi connectivity index (χ1v) is 5.24. The second-order valence-corrected chi connectivity index (χ2v) is 4.06. The average molecular weight is 204 g/mol. The Morgan fingerprint density at radius 2 is 2.00 bits per heavy atom. The largest absolute Gasteiger partial charge is 0.457 e. The molecule has 0 saturated carbocycles. The van der Waals surface area contributed by atoms with Gasteiger partial charge in [0.15, 0.2) is 0 Å². The van der Waals surface area contributed by atoms with Crippen molar-refractivity contribution in [3.8, 4) is 0 Å². The molecule has 0 amide bonds. The van der Waals surface area contributed by atoms with Crippen LogP contribution < -0.4 is 5.73 Å². The third-order valence-corrected chi connectivity index (χ3v) is 3.17. The second-order valence-electron chi connectivity index (χ2n) is 4.06. The molecule has 0 radical (unpaired) electrons. The molecule has 78 valence electrons.